The number of carbonyl (C=O) groups excluding carboxylic acids is 1. The second-order valence-electron chi connectivity index (χ2n) is 3.67. The summed E-state index contributed by atoms with van der Waals surface area (Å²) in [6.07, 6.45) is 0. The number of amides is 1. The van der Waals surface area contributed by atoms with Crippen LogP contribution < -0.4 is 4.90 Å². The van der Waals surface area contributed by atoms with Gasteiger partial charge in [0.25, 0.3) is 5.91 Å². The second-order valence-corrected chi connectivity index (χ2v) is 3.67. The molecule has 0 unspecified atom stereocenters. The number of nitriles is 1. The minimum absolute atomic E-state index is 0.0369. The summed E-state index contributed by atoms with van der Waals surface area (Å²) < 4.78 is 0. The smallest absolute Gasteiger partial charge is 0.254 e. The summed E-state index contributed by atoms with van der Waals surface area (Å²) in [4.78, 5) is 13.2. The molecule has 1 rings (SSSR count). The van der Waals surface area contributed by atoms with Gasteiger partial charge in [-0.25, -0.2) is 0 Å². The van der Waals surface area contributed by atoms with E-state index >= 15 is 0 Å². The van der Waals surface area contributed by atoms with Crippen molar-refractivity contribution < 1.29 is 4.79 Å². The summed E-state index contributed by atoms with van der Waals surface area (Å²) in [6, 6.07) is 9.47. The highest BCUT2D eigenvalue weighted by Gasteiger charge is 2.15. The van der Waals surface area contributed by atoms with Gasteiger partial charge in [0.2, 0.25) is 0 Å². The third-order valence-electron chi connectivity index (χ3n) is 2.15. The highest BCUT2D eigenvalue weighted by atomic mass is 16.2. The molecule has 1 amide bonds. The monoisotopic (exact) mass is 214 g/mol. The Morgan fingerprint density at radius 1 is 1.56 bits per heavy atom. The van der Waals surface area contributed by atoms with E-state index in [2.05, 4.69) is 6.58 Å². The van der Waals surface area contributed by atoms with E-state index in [1.807, 2.05) is 37.3 Å². The van der Waals surface area contributed by atoms with Gasteiger partial charge in [-0.2, -0.15) is 5.26 Å². The molecule has 1 aromatic carbocycles. The molecule has 0 saturated carbocycles. The van der Waals surface area contributed by atoms with Gasteiger partial charge >= 0.3 is 0 Å². The lowest BCUT2D eigenvalue weighted by molar-refractivity contribution is -0.114. The van der Waals surface area contributed by atoms with E-state index in [1.165, 1.54) is 4.90 Å². The molecule has 16 heavy (non-hydrogen) atoms. The number of carbonyl (C=O) groups is 1. The molecule has 0 bridgehead atoms. The molecule has 0 spiro atoms. The molecule has 1 aromatic rings. The van der Waals surface area contributed by atoms with E-state index in [9.17, 15) is 4.79 Å². The number of hydrogen-bond donors (Lipinski definition) is 0. The van der Waals surface area contributed by atoms with Gasteiger partial charge in [-0.05, 0) is 31.5 Å². The molecule has 0 N–H and O–H groups in total. The number of hydrogen-bond acceptors (Lipinski definition) is 2. The first-order chi connectivity index (χ1) is 7.56. The Hall–Kier alpha value is -2.08. The molecule has 0 aliphatic carbocycles. The average molecular weight is 214 g/mol. The van der Waals surface area contributed by atoms with Crippen LogP contribution in [-0.2, 0) is 4.79 Å². The molecule has 3 nitrogen and oxygen atoms in total. The molecule has 0 atom stereocenters. The molecule has 0 aromatic heterocycles. The van der Waals surface area contributed by atoms with E-state index in [0.29, 0.717) is 5.57 Å². The summed E-state index contributed by atoms with van der Waals surface area (Å²) in [7, 11) is 0. The van der Waals surface area contributed by atoms with Gasteiger partial charge < -0.3 is 0 Å². The molecular weight excluding hydrogens is 200 g/mol. The van der Waals surface area contributed by atoms with Crippen LogP contribution in [0.5, 0.6) is 0 Å². The van der Waals surface area contributed by atoms with Crippen LogP contribution >= 0.6 is 0 Å². The molecular formula is C13H14N2O. The molecule has 0 heterocycles. The summed E-state index contributed by atoms with van der Waals surface area (Å²) in [5.74, 6) is -0.216. The lowest BCUT2D eigenvalue weighted by Gasteiger charge is -2.20. The number of benzene rings is 1. The SMILES string of the molecule is C=C(C)C(=O)N(CC#N)c1cccc(C)c1. The predicted octanol–water partition coefficient (Wildman–Crippen LogP) is 2.43. The fourth-order valence-corrected chi connectivity index (χ4v) is 1.38. The zero-order chi connectivity index (χ0) is 12.1. The van der Waals surface area contributed by atoms with Crippen LogP contribution in [0.2, 0.25) is 0 Å². The minimum Gasteiger partial charge on any atom is -0.295 e. The predicted molar refractivity (Wildman–Crippen MR) is 64.0 cm³/mol. The number of rotatable bonds is 3. The van der Waals surface area contributed by atoms with Gasteiger partial charge in [-0.15, -0.1) is 0 Å². The van der Waals surface area contributed by atoms with Gasteiger partial charge in [0, 0.05) is 11.3 Å². The van der Waals surface area contributed by atoms with Crippen LogP contribution in [0.1, 0.15) is 12.5 Å². The van der Waals surface area contributed by atoms with Gasteiger partial charge in [-0.3, -0.25) is 9.69 Å². The topological polar surface area (TPSA) is 44.1 Å². The zero-order valence-corrected chi connectivity index (χ0v) is 9.53. The summed E-state index contributed by atoms with van der Waals surface area (Å²) in [5.41, 5.74) is 2.21. The summed E-state index contributed by atoms with van der Waals surface area (Å²) >= 11 is 0. The fourth-order valence-electron chi connectivity index (χ4n) is 1.38. The Morgan fingerprint density at radius 3 is 2.75 bits per heavy atom. The quantitative estimate of drug-likeness (QED) is 0.573. The van der Waals surface area contributed by atoms with Crippen LogP contribution in [0, 0.1) is 18.3 Å². The van der Waals surface area contributed by atoms with Gasteiger partial charge in [0.1, 0.15) is 6.54 Å². The van der Waals surface area contributed by atoms with Gasteiger partial charge in [0.15, 0.2) is 0 Å². The normalized spacial score (nSPS) is 9.31. The number of nitrogens with zero attached hydrogens (tertiary/aromatic N) is 2. The average Bonchev–Trinajstić information content (AvgIpc) is 2.24. The van der Waals surface area contributed by atoms with Crippen molar-refractivity contribution in [1.29, 1.82) is 5.26 Å². The number of aryl methyl sites for hydroxylation is 1. The van der Waals surface area contributed by atoms with Crippen LogP contribution in [0.3, 0.4) is 0 Å². The van der Waals surface area contributed by atoms with E-state index in [0.717, 1.165) is 11.3 Å². The van der Waals surface area contributed by atoms with Gasteiger partial charge in [-0.1, -0.05) is 18.7 Å². The minimum atomic E-state index is -0.216. The third-order valence-corrected chi connectivity index (χ3v) is 2.15. The highest BCUT2D eigenvalue weighted by Crippen LogP contribution is 2.17. The van der Waals surface area contributed by atoms with E-state index in [-0.39, 0.29) is 12.5 Å². The molecule has 0 aliphatic rings. The standard InChI is InChI=1S/C13H14N2O/c1-10(2)13(16)15(8-7-14)12-6-4-5-11(3)9-12/h4-6,9H,1,8H2,2-3H3. The van der Waals surface area contributed by atoms with Crippen molar-refractivity contribution in [1.82, 2.24) is 0 Å². The second kappa shape index (κ2) is 5.13. The van der Waals surface area contributed by atoms with Crippen molar-refractivity contribution >= 4 is 11.6 Å². The van der Waals surface area contributed by atoms with Crippen molar-refractivity contribution in [2.75, 3.05) is 11.4 Å². The molecule has 82 valence electrons. The zero-order valence-electron chi connectivity index (χ0n) is 9.53. The van der Waals surface area contributed by atoms with Crippen molar-refractivity contribution in [2.45, 2.75) is 13.8 Å². The third kappa shape index (κ3) is 2.71. The maximum atomic E-state index is 11.8. The Balaban J connectivity index is 3.08. The van der Waals surface area contributed by atoms with Crippen LogP contribution in [0.4, 0.5) is 5.69 Å². The van der Waals surface area contributed by atoms with E-state index in [4.69, 9.17) is 5.26 Å². The fraction of sp³-hybridized carbons (Fsp3) is 0.231. The molecule has 0 fully saturated rings. The first-order valence-electron chi connectivity index (χ1n) is 4.97. The lowest BCUT2D eigenvalue weighted by Crippen LogP contribution is -2.31. The summed E-state index contributed by atoms with van der Waals surface area (Å²) in [6.45, 7) is 7.23. The van der Waals surface area contributed by atoms with E-state index < -0.39 is 0 Å². The van der Waals surface area contributed by atoms with E-state index in [1.54, 1.807) is 6.92 Å². The molecule has 3 heteroatoms. The maximum absolute atomic E-state index is 11.8. The summed E-state index contributed by atoms with van der Waals surface area (Å²) in [5, 5.41) is 8.72. The first-order valence-corrected chi connectivity index (χ1v) is 4.97. The Kier molecular flexibility index (Phi) is 3.84. The van der Waals surface area contributed by atoms with Crippen molar-refractivity contribution in [3.05, 3.63) is 42.0 Å². The highest BCUT2D eigenvalue weighted by molar-refractivity contribution is 6.05. The van der Waals surface area contributed by atoms with Gasteiger partial charge in [0.05, 0.1) is 6.07 Å². The Morgan fingerprint density at radius 2 is 2.25 bits per heavy atom. The largest absolute Gasteiger partial charge is 0.295 e. The Labute approximate surface area is 95.6 Å². The van der Waals surface area contributed by atoms with Crippen molar-refractivity contribution in [3.8, 4) is 6.07 Å². The first kappa shape index (κ1) is 12.0. The lowest BCUT2D eigenvalue weighted by atomic mass is 10.2. The molecule has 0 radical (unpaired) electrons. The molecule has 0 aliphatic heterocycles. The van der Waals surface area contributed by atoms with Crippen LogP contribution in [0.25, 0.3) is 0 Å². The molecule has 0 saturated heterocycles. The number of anilines is 1. The Bertz CT molecular complexity index is 457. The van der Waals surface area contributed by atoms with Crippen LogP contribution in [-0.4, -0.2) is 12.5 Å². The maximum Gasteiger partial charge on any atom is 0.254 e. The van der Waals surface area contributed by atoms with Crippen LogP contribution in [0.15, 0.2) is 36.4 Å². The van der Waals surface area contributed by atoms with Crippen molar-refractivity contribution in [3.63, 3.8) is 0 Å². The van der Waals surface area contributed by atoms with Crippen molar-refractivity contribution in [2.24, 2.45) is 0 Å².